The Morgan fingerprint density at radius 3 is 2.18 bits per heavy atom. The molecule has 1 atom stereocenters. The molecule has 2 rings (SSSR count). The van der Waals surface area contributed by atoms with Gasteiger partial charge in [0.05, 0.1) is 0 Å². The van der Waals surface area contributed by atoms with Crippen molar-refractivity contribution in [1.29, 1.82) is 0 Å². The van der Waals surface area contributed by atoms with E-state index in [1.54, 1.807) is 12.1 Å². The quantitative estimate of drug-likeness (QED) is 0.754. The van der Waals surface area contributed by atoms with E-state index < -0.39 is 0 Å². The van der Waals surface area contributed by atoms with Crippen LogP contribution in [0.25, 0.3) is 0 Å². The largest absolute Gasteiger partial charge is 0.508 e. The number of halogens is 1. The first-order valence-corrected chi connectivity index (χ1v) is 8.76. The molecule has 0 fully saturated rings. The second kappa shape index (κ2) is 6.79. The molecule has 22 heavy (non-hydrogen) atoms. The molecule has 0 saturated carbocycles. The average Bonchev–Trinajstić information content (AvgIpc) is 2.50. The van der Waals surface area contributed by atoms with Crippen molar-refractivity contribution in [3.05, 3.63) is 58.9 Å². The second-order valence-corrected chi connectivity index (χ2v) is 7.66. The molecule has 1 N–H and O–H groups in total. The van der Waals surface area contributed by atoms with Crippen molar-refractivity contribution in [2.75, 3.05) is 0 Å². The lowest BCUT2D eigenvalue weighted by molar-refractivity contribution is 0.448. The molecule has 1 nitrogen and oxygen atoms in total. The molecule has 1 unspecified atom stereocenters. The Kier molecular flexibility index (Phi) is 5.24. The molecule has 118 valence electrons. The first-order chi connectivity index (χ1) is 10.4. The van der Waals surface area contributed by atoms with Crippen molar-refractivity contribution >= 4 is 13.9 Å². The van der Waals surface area contributed by atoms with Crippen LogP contribution in [0.1, 0.15) is 43.4 Å². The molecular weight excluding hydrogens is 294 g/mol. The predicted octanol–water partition coefficient (Wildman–Crippen LogP) is 5.17. The summed E-state index contributed by atoms with van der Waals surface area (Å²) in [6, 6.07) is 11.1. The highest BCUT2D eigenvalue weighted by molar-refractivity contribution is 7.48. The fraction of sp³-hybridized carbons (Fsp3) is 0.368. The second-order valence-electron chi connectivity index (χ2n) is 5.92. The summed E-state index contributed by atoms with van der Waals surface area (Å²) in [5.41, 5.74) is 2.99. The number of rotatable bonds is 5. The van der Waals surface area contributed by atoms with Crippen LogP contribution in [0, 0.1) is 19.7 Å². The third-order valence-electron chi connectivity index (χ3n) is 4.37. The normalized spacial score (nSPS) is 12.2. The highest BCUT2D eigenvalue weighted by Crippen LogP contribution is 2.50. The van der Waals surface area contributed by atoms with E-state index in [4.69, 9.17) is 0 Å². The van der Waals surface area contributed by atoms with E-state index in [0.29, 0.717) is 14.3 Å². The Bertz CT molecular complexity index is 662. The molecule has 0 saturated heterocycles. The number of aryl methyl sites for hydroxylation is 2. The summed E-state index contributed by atoms with van der Waals surface area (Å²) in [5, 5.41) is 10.9. The Morgan fingerprint density at radius 1 is 1.00 bits per heavy atom. The van der Waals surface area contributed by atoms with Gasteiger partial charge in [-0.3, -0.25) is 0 Å². The van der Waals surface area contributed by atoms with Crippen LogP contribution >= 0.6 is 8.58 Å². The van der Waals surface area contributed by atoms with Crippen LogP contribution < -0.4 is 5.30 Å². The molecule has 0 aliphatic heterocycles. The van der Waals surface area contributed by atoms with Gasteiger partial charge in [0.1, 0.15) is 11.6 Å². The minimum Gasteiger partial charge on any atom is -0.508 e. The smallest absolute Gasteiger partial charge is 0.130 e. The number of hydrogen-bond donors (Lipinski definition) is 1. The molecule has 2 aromatic carbocycles. The summed E-state index contributed by atoms with van der Waals surface area (Å²) in [7, 11) is 0.296. The first-order valence-electron chi connectivity index (χ1n) is 7.76. The molecule has 3 heteroatoms. The molecule has 2 aromatic rings. The van der Waals surface area contributed by atoms with Gasteiger partial charge in [-0.1, -0.05) is 52.3 Å². The monoisotopic (exact) mass is 318 g/mol. The fourth-order valence-corrected chi connectivity index (χ4v) is 4.45. The Morgan fingerprint density at radius 2 is 1.59 bits per heavy atom. The molecule has 0 aliphatic rings. The van der Waals surface area contributed by atoms with Crippen molar-refractivity contribution in [3.63, 3.8) is 0 Å². The third-order valence-corrected chi connectivity index (χ3v) is 6.50. The lowest BCUT2D eigenvalue weighted by Gasteiger charge is -2.33. The summed E-state index contributed by atoms with van der Waals surface area (Å²) in [6.45, 7) is 8.15. The van der Waals surface area contributed by atoms with Crippen molar-refractivity contribution in [3.8, 4) is 5.75 Å². The first kappa shape index (κ1) is 17.0. The van der Waals surface area contributed by atoms with Gasteiger partial charge in [0, 0.05) is 16.0 Å². The molecule has 0 heterocycles. The minimum atomic E-state index is -0.216. The number of phenolic OH excluding ortho intramolecular Hbond substituents is 1. The molecule has 0 aromatic heterocycles. The van der Waals surface area contributed by atoms with Crippen LogP contribution in [0.5, 0.6) is 5.75 Å². The number of benzene rings is 2. The summed E-state index contributed by atoms with van der Waals surface area (Å²) in [4.78, 5) is 0. The maximum absolute atomic E-state index is 14.3. The van der Waals surface area contributed by atoms with Crippen LogP contribution in [0.3, 0.4) is 0 Å². The maximum Gasteiger partial charge on any atom is 0.130 e. The summed E-state index contributed by atoms with van der Waals surface area (Å²) in [5.74, 6) is 0.172. The Balaban J connectivity index is 2.50. The van der Waals surface area contributed by atoms with E-state index >= 15 is 0 Å². The number of aromatic hydroxyl groups is 1. The van der Waals surface area contributed by atoms with E-state index in [0.717, 1.165) is 34.8 Å². The molecular formula is C19H24FOP. The number of phenols is 1. The zero-order chi connectivity index (χ0) is 16.3. The zero-order valence-electron chi connectivity index (χ0n) is 13.7. The van der Waals surface area contributed by atoms with Gasteiger partial charge >= 0.3 is 0 Å². The minimum absolute atomic E-state index is 0.142. The van der Waals surface area contributed by atoms with E-state index in [9.17, 15) is 9.50 Å². The van der Waals surface area contributed by atoms with Gasteiger partial charge in [-0.15, -0.1) is 0 Å². The SMILES string of the molecule is CCC(CC)(Pc1ccc(C)cc1F)c1cc(C)ccc1O. The molecule has 0 spiro atoms. The third kappa shape index (κ3) is 3.33. The fourth-order valence-electron chi connectivity index (χ4n) is 2.89. The zero-order valence-corrected chi connectivity index (χ0v) is 14.7. The van der Waals surface area contributed by atoms with Crippen LogP contribution in [0.2, 0.25) is 0 Å². The van der Waals surface area contributed by atoms with Crippen LogP contribution in [0.4, 0.5) is 4.39 Å². The van der Waals surface area contributed by atoms with Gasteiger partial charge < -0.3 is 5.11 Å². The molecule has 0 radical (unpaired) electrons. The van der Waals surface area contributed by atoms with E-state index in [1.165, 1.54) is 0 Å². The van der Waals surface area contributed by atoms with Crippen molar-refractivity contribution in [1.82, 2.24) is 0 Å². The van der Waals surface area contributed by atoms with Crippen LogP contribution in [-0.4, -0.2) is 5.11 Å². The van der Waals surface area contributed by atoms with Crippen LogP contribution in [0.15, 0.2) is 36.4 Å². The highest BCUT2D eigenvalue weighted by atomic mass is 31.1. The van der Waals surface area contributed by atoms with Crippen molar-refractivity contribution in [2.24, 2.45) is 0 Å². The lowest BCUT2D eigenvalue weighted by atomic mass is 9.91. The summed E-state index contributed by atoms with van der Waals surface area (Å²) >= 11 is 0. The van der Waals surface area contributed by atoms with Gasteiger partial charge in [0.25, 0.3) is 0 Å². The van der Waals surface area contributed by atoms with Gasteiger partial charge in [0.15, 0.2) is 0 Å². The summed E-state index contributed by atoms with van der Waals surface area (Å²) in [6.07, 6.45) is 1.73. The molecule has 0 aliphatic carbocycles. The van der Waals surface area contributed by atoms with Gasteiger partial charge in [-0.05, 0) is 44.4 Å². The van der Waals surface area contributed by atoms with E-state index in [-0.39, 0.29) is 11.0 Å². The standard InChI is InChI=1S/C19H24FOP/c1-5-19(6-2,15-11-13(3)7-9-17(15)21)22-18-10-8-14(4)12-16(18)20/h7-12,21-22H,5-6H2,1-4H3. The van der Waals surface area contributed by atoms with Gasteiger partial charge in [0.2, 0.25) is 0 Å². The number of hydrogen-bond acceptors (Lipinski definition) is 1. The molecule has 0 bridgehead atoms. The molecule has 0 amide bonds. The Labute approximate surface area is 134 Å². The van der Waals surface area contributed by atoms with E-state index in [2.05, 4.69) is 13.8 Å². The van der Waals surface area contributed by atoms with Gasteiger partial charge in [-0.2, -0.15) is 0 Å². The van der Waals surface area contributed by atoms with Crippen LogP contribution in [-0.2, 0) is 5.16 Å². The highest BCUT2D eigenvalue weighted by Gasteiger charge is 2.32. The van der Waals surface area contributed by atoms with E-state index in [1.807, 2.05) is 38.1 Å². The van der Waals surface area contributed by atoms with Crippen molar-refractivity contribution in [2.45, 2.75) is 45.7 Å². The predicted molar refractivity (Wildman–Crippen MR) is 94.2 cm³/mol. The Hall–Kier alpha value is -1.40. The average molecular weight is 318 g/mol. The summed E-state index contributed by atoms with van der Waals surface area (Å²) < 4.78 is 14.3. The maximum atomic E-state index is 14.3. The topological polar surface area (TPSA) is 20.2 Å². The van der Waals surface area contributed by atoms with Gasteiger partial charge in [-0.25, -0.2) is 4.39 Å². The lowest BCUT2D eigenvalue weighted by Crippen LogP contribution is -2.23. The van der Waals surface area contributed by atoms with Crippen molar-refractivity contribution < 1.29 is 9.50 Å².